The highest BCUT2D eigenvalue weighted by molar-refractivity contribution is 5.19. The van der Waals surface area contributed by atoms with Crippen LogP contribution >= 0.6 is 0 Å². The van der Waals surface area contributed by atoms with Crippen molar-refractivity contribution in [3.8, 4) is 0 Å². The summed E-state index contributed by atoms with van der Waals surface area (Å²) in [4.78, 5) is 10.8. The molecule has 1 aromatic rings. The van der Waals surface area contributed by atoms with Gasteiger partial charge in [-0.05, 0) is 24.9 Å². The van der Waals surface area contributed by atoms with Crippen LogP contribution < -0.4 is 0 Å². The Morgan fingerprint density at radius 1 is 1.41 bits per heavy atom. The van der Waals surface area contributed by atoms with E-state index in [4.69, 9.17) is 0 Å². The van der Waals surface area contributed by atoms with Crippen molar-refractivity contribution in [2.24, 2.45) is 0 Å². The summed E-state index contributed by atoms with van der Waals surface area (Å²) < 4.78 is 12.3. The second-order valence-electron chi connectivity index (χ2n) is 4.54. The van der Waals surface area contributed by atoms with Crippen molar-refractivity contribution in [2.75, 3.05) is 19.8 Å². The maximum Gasteiger partial charge on any atom is 0.142 e. The van der Waals surface area contributed by atoms with E-state index in [1.54, 1.807) is 0 Å². The zero-order chi connectivity index (χ0) is 12.8. The van der Waals surface area contributed by atoms with Crippen LogP contribution in [0.5, 0.6) is 0 Å². The van der Waals surface area contributed by atoms with Crippen LogP contribution in [0, 0.1) is 6.92 Å². The first-order valence-electron chi connectivity index (χ1n) is 6.19. The first kappa shape index (κ1) is 14.0. The fourth-order valence-corrected chi connectivity index (χ4v) is 1.84. The van der Waals surface area contributed by atoms with Gasteiger partial charge in [0.2, 0.25) is 0 Å². The number of halogens is 1. The van der Waals surface area contributed by atoms with Gasteiger partial charge in [-0.3, -0.25) is 4.90 Å². The highest BCUT2D eigenvalue weighted by atomic mass is 19.1. The lowest BCUT2D eigenvalue weighted by atomic mass is 10.0. The van der Waals surface area contributed by atoms with Gasteiger partial charge >= 0.3 is 0 Å². The third-order valence-electron chi connectivity index (χ3n) is 2.90. The molecule has 0 aliphatic rings. The number of aryl methyl sites for hydroxylation is 1. The molecule has 0 saturated heterocycles. The molecule has 0 bridgehead atoms. The van der Waals surface area contributed by atoms with Crippen molar-refractivity contribution in [1.29, 1.82) is 0 Å². The molecule has 0 spiro atoms. The first-order chi connectivity index (χ1) is 8.08. The summed E-state index contributed by atoms with van der Waals surface area (Å²) in [5.74, 6) is 1.22. The largest absolute Gasteiger partial charge is 0.294 e. The Morgan fingerprint density at radius 3 is 2.59 bits per heavy atom. The van der Waals surface area contributed by atoms with E-state index >= 15 is 0 Å². The SMILES string of the molecule is CCN(CCF)Cc1ncc(C(C)C)c(C)n1. The van der Waals surface area contributed by atoms with Crippen LogP contribution in [0.1, 0.15) is 43.8 Å². The van der Waals surface area contributed by atoms with Crippen molar-refractivity contribution >= 4 is 0 Å². The Labute approximate surface area is 103 Å². The van der Waals surface area contributed by atoms with E-state index in [1.165, 1.54) is 5.56 Å². The number of alkyl halides is 1. The van der Waals surface area contributed by atoms with Gasteiger partial charge in [0, 0.05) is 18.4 Å². The predicted molar refractivity (Wildman–Crippen MR) is 67.8 cm³/mol. The van der Waals surface area contributed by atoms with Gasteiger partial charge in [-0.2, -0.15) is 0 Å². The summed E-state index contributed by atoms with van der Waals surface area (Å²) in [6.45, 7) is 9.86. The Kier molecular flexibility index (Phi) is 5.48. The van der Waals surface area contributed by atoms with Crippen molar-refractivity contribution in [1.82, 2.24) is 14.9 Å². The Hall–Kier alpha value is -1.03. The second kappa shape index (κ2) is 6.64. The minimum absolute atomic E-state index is 0.323. The molecule has 0 unspecified atom stereocenters. The molecule has 0 aliphatic carbocycles. The minimum atomic E-state index is -0.323. The van der Waals surface area contributed by atoms with Crippen LogP contribution in [-0.4, -0.2) is 34.6 Å². The summed E-state index contributed by atoms with van der Waals surface area (Å²) in [6.07, 6.45) is 1.89. The normalized spacial score (nSPS) is 11.5. The van der Waals surface area contributed by atoms with E-state index in [0.717, 1.165) is 18.1 Å². The van der Waals surface area contributed by atoms with Crippen LogP contribution in [0.15, 0.2) is 6.20 Å². The molecule has 0 amide bonds. The molecule has 0 aliphatic heterocycles. The summed E-state index contributed by atoms with van der Waals surface area (Å²) in [5, 5.41) is 0. The third-order valence-corrected chi connectivity index (χ3v) is 2.90. The zero-order valence-corrected chi connectivity index (χ0v) is 11.2. The van der Waals surface area contributed by atoms with Gasteiger partial charge in [-0.25, -0.2) is 14.4 Å². The molecule has 0 N–H and O–H groups in total. The fourth-order valence-electron chi connectivity index (χ4n) is 1.84. The van der Waals surface area contributed by atoms with Gasteiger partial charge in [-0.15, -0.1) is 0 Å². The highest BCUT2D eigenvalue weighted by Crippen LogP contribution is 2.16. The monoisotopic (exact) mass is 239 g/mol. The van der Waals surface area contributed by atoms with E-state index in [9.17, 15) is 4.39 Å². The molecular formula is C13H22FN3. The quantitative estimate of drug-likeness (QED) is 0.764. The smallest absolute Gasteiger partial charge is 0.142 e. The molecule has 3 nitrogen and oxygen atoms in total. The van der Waals surface area contributed by atoms with E-state index in [0.29, 0.717) is 19.0 Å². The average Bonchev–Trinajstić information content (AvgIpc) is 2.28. The molecule has 0 saturated carbocycles. The van der Waals surface area contributed by atoms with Gasteiger partial charge in [0.25, 0.3) is 0 Å². The minimum Gasteiger partial charge on any atom is -0.294 e. The molecular weight excluding hydrogens is 217 g/mol. The average molecular weight is 239 g/mol. The molecule has 0 atom stereocenters. The zero-order valence-electron chi connectivity index (χ0n) is 11.2. The third kappa shape index (κ3) is 4.04. The second-order valence-corrected chi connectivity index (χ2v) is 4.54. The molecule has 1 aromatic heterocycles. The molecule has 1 heterocycles. The lowest BCUT2D eigenvalue weighted by molar-refractivity contribution is 0.246. The molecule has 4 heteroatoms. The fraction of sp³-hybridized carbons (Fsp3) is 0.692. The van der Waals surface area contributed by atoms with Crippen LogP contribution in [-0.2, 0) is 6.54 Å². The van der Waals surface area contributed by atoms with Crippen molar-refractivity contribution < 1.29 is 4.39 Å². The summed E-state index contributed by atoms with van der Waals surface area (Å²) in [5.41, 5.74) is 2.21. The number of rotatable bonds is 6. The van der Waals surface area contributed by atoms with E-state index in [2.05, 4.69) is 23.8 Å². The van der Waals surface area contributed by atoms with E-state index in [1.807, 2.05) is 24.9 Å². The molecule has 17 heavy (non-hydrogen) atoms. The number of aromatic nitrogens is 2. The standard InChI is InChI=1S/C13H22FN3/c1-5-17(7-6-14)9-13-15-8-12(10(2)3)11(4)16-13/h8,10H,5-7,9H2,1-4H3. The molecule has 0 radical (unpaired) electrons. The topological polar surface area (TPSA) is 29.0 Å². The van der Waals surface area contributed by atoms with Gasteiger partial charge in [0.1, 0.15) is 12.5 Å². The molecule has 0 aromatic carbocycles. The number of hydrogen-bond acceptors (Lipinski definition) is 3. The van der Waals surface area contributed by atoms with E-state index < -0.39 is 0 Å². The van der Waals surface area contributed by atoms with Gasteiger partial charge in [0.05, 0.1) is 6.54 Å². The van der Waals surface area contributed by atoms with Crippen molar-refractivity contribution in [3.63, 3.8) is 0 Å². The first-order valence-corrected chi connectivity index (χ1v) is 6.19. The van der Waals surface area contributed by atoms with E-state index in [-0.39, 0.29) is 6.67 Å². The molecule has 96 valence electrons. The maximum absolute atomic E-state index is 12.3. The summed E-state index contributed by atoms with van der Waals surface area (Å²) in [6, 6.07) is 0. The van der Waals surface area contributed by atoms with Crippen molar-refractivity contribution in [3.05, 3.63) is 23.3 Å². The summed E-state index contributed by atoms with van der Waals surface area (Å²) >= 11 is 0. The molecule has 1 rings (SSSR count). The Balaban J connectivity index is 2.76. The predicted octanol–water partition coefficient (Wildman–Crippen LogP) is 2.70. The number of hydrogen-bond donors (Lipinski definition) is 0. The summed E-state index contributed by atoms with van der Waals surface area (Å²) in [7, 11) is 0. The van der Waals surface area contributed by atoms with Crippen molar-refractivity contribution in [2.45, 2.75) is 40.2 Å². The highest BCUT2D eigenvalue weighted by Gasteiger charge is 2.09. The van der Waals surface area contributed by atoms with Crippen LogP contribution in [0.3, 0.4) is 0 Å². The molecule has 0 fully saturated rings. The maximum atomic E-state index is 12.3. The van der Waals surface area contributed by atoms with Crippen LogP contribution in [0.25, 0.3) is 0 Å². The van der Waals surface area contributed by atoms with Gasteiger partial charge in [-0.1, -0.05) is 20.8 Å². The van der Waals surface area contributed by atoms with Crippen LogP contribution in [0.4, 0.5) is 4.39 Å². The Bertz CT molecular complexity index is 353. The van der Waals surface area contributed by atoms with Gasteiger partial charge < -0.3 is 0 Å². The Morgan fingerprint density at radius 2 is 2.12 bits per heavy atom. The lowest BCUT2D eigenvalue weighted by Gasteiger charge is -2.18. The van der Waals surface area contributed by atoms with Gasteiger partial charge in [0.15, 0.2) is 0 Å². The van der Waals surface area contributed by atoms with Crippen LogP contribution in [0.2, 0.25) is 0 Å². The lowest BCUT2D eigenvalue weighted by Crippen LogP contribution is -2.26. The number of nitrogens with zero attached hydrogens (tertiary/aromatic N) is 3.